The number of amides is 1. The molecule has 1 aromatic rings. The minimum Gasteiger partial charge on any atom is -0.469 e. The van der Waals surface area contributed by atoms with Gasteiger partial charge in [0.15, 0.2) is 5.69 Å². The molecule has 0 aromatic carbocycles. The topological polar surface area (TPSA) is 112 Å². The van der Waals surface area contributed by atoms with Gasteiger partial charge < -0.3 is 15.2 Å². The normalized spacial score (nSPS) is 13.5. The third-order valence-electron chi connectivity index (χ3n) is 3.32. The maximum Gasteiger partial charge on any atom is 0.419 e. The van der Waals surface area contributed by atoms with Crippen LogP contribution in [0.15, 0.2) is 12.3 Å². The van der Waals surface area contributed by atoms with Gasteiger partial charge in [-0.25, -0.2) is 4.98 Å². The number of halogens is 3. The smallest absolute Gasteiger partial charge is 0.419 e. The van der Waals surface area contributed by atoms with E-state index in [2.05, 4.69) is 15.0 Å². The highest BCUT2D eigenvalue weighted by molar-refractivity contribution is 5.96. The number of aromatic nitrogens is 1. The number of alkyl halides is 3. The van der Waals surface area contributed by atoms with Crippen molar-refractivity contribution in [3.63, 3.8) is 0 Å². The summed E-state index contributed by atoms with van der Waals surface area (Å²) in [5.41, 5.74) is -4.35. The predicted octanol–water partition coefficient (Wildman–Crippen LogP) is 2.00. The molecule has 1 unspecified atom stereocenters. The maximum absolute atomic E-state index is 12.9. The van der Waals surface area contributed by atoms with Gasteiger partial charge in [-0.05, 0) is 25.8 Å². The second-order valence-corrected chi connectivity index (χ2v) is 5.39. The molecule has 0 aliphatic rings. The Morgan fingerprint density at radius 3 is 2.60 bits per heavy atom. The SMILES string of the molecule is COC(=O)CCCC(C)(O)C(=O)Nc1cnc(C#N)c(C(F)(F)F)c1. The highest BCUT2D eigenvalue weighted by Gasteiger charge is 2.36. The Labute approximate surface area is 141 Å². The first-order chi connectivity index (χ1) is 11.5. The lowest BCUT2D eigenvalue weighted by Gasteiger charge is -2.22. The number of pyridine rings is 1. The first-order valence-electron chi connectivity index (χ1n) is 7.09. The largest absolute Gasteiger partial charge is 0.469 e. The van der Waals surface area contributed by atoms with Crippen molar-refractivity contribution in [1.82, 2.24) is 4.98 Å². The maximum atomic E-state index is 12.9. The molecule has 136 valence electrons. The fraction of sp³-hybridized carbons (Fsp3) is 0.467. The van der Waals surface area contributed by atoms with Crippen LogP contribution in [0.1, 0.15) is 37.4 Å². The average Bonchev–Trinajstić information content (AvgIpc) is 2.53. The van der Waals surface area contributed by atoms with Gasteiger partial charge in [0.05, 0.1) is 24.6 Å². The lowest BCUT2D eigenvalue weighted by molar-refractivity contribution is -0.142. The monoisotopic (exact) mass is 359 g/mol. The van der Waals surface area contributed by atoms with Crippen molar-refractivity contribution in [2.45, 2.75) is 38.0 Å². The molecule has 10 heteroatoms. The lowest BCUT2D eigenvalue weighted by atomic mass is 9.98. The van der Waals surface area contributed by atoms with Crippen molar-refractivity contribution in [2.75, 3.05) is 12.4 Å². The standard InChI is InChI=1S/C15H16F3N3O4/c1-14(24,5-3-4-12(22)25-2)13(23)21-9-6-10(15(16,17)18)11(7-19)20-8-9/h6,8,24H,3-5H2,1-2H3,(H,21,23). The molecule has 1 aromatic heterocycles. The zero-order chi connectivity index (χ0) is 19.3. The van der Waals surface area contributed by atoms with Crippen LogP contribution in [-0.2, 0) is 20.5 Å². The van der Waals surface area contributed by atoms with E-state index in [0.29, 0.717) is 6.07 Å². The van der Waals surface area contributed by atoms with Crippen LogP contribution in [0.5, 0.6) is 0 Å². The average molecular weight is 359 g/mol. The van der Waals surface area contributed by atoms with Crippen LogP contribution in [-0.4, -0.2) is 34.7 Å². The number of carbonyl (C=O) groups excluding carboxylic acids is 2. The Bertz CT molecular complexity index is 696. The number of esters is 1. The van der Waals surface area contributed by atoms with Gasteiger partial charge in [-0.2, -0.15) is 18.4 Å². The number of hydrogen-bond donors (Lipinski definition) is 2. The molecule has 7 nitrogen and oxygen atoms in total. The molecule has 2 N–H and O–H groups in total. The van der Waals surface area contributed by atoms with Crippen LogP contribution in [0.3, 0.4) is 0 Å². The van der Waals surface area contributed by atoms with Crippen molar-refractivity contribution in [2.24, 2.45) is 0 Å². The Morgan fingerprint density at radius 1 is 1.44 bits per heavy atom. The molecule has 1 heterocycles. The lowest BCUT2D eigenvalue weighted by Crippen LogP contribution is -2.40. The van der Waals surface area contributed by atoms with Crippen molar-refractivity contribution >= 4 is 17.6 Å². The van der Waals surface area contributed by atoms with E-state index < -0.39 is 34.9 Å². The quantitative estimate of drug-likeness (QED) is 0.752. The second-order valence-electron chi connectivity index (χ2n) is 5.39. The molecule has 1 amide bonds. The summed E-state index contributed by atoms with van der Waals surface area (Å²) in [5.74, 6) is -1.47. The molecule has 0 aliphatic carbocycles. The van der Waals surface area contributed by atoms with Crippen molar-refractivity contribution in [3.8, 4) is 6.07 Å². The third-order valence-corrected chi connectivity index (χ3v) is 3.32. The van der Waals surface area contributed by atoms with E-state index in [4.69, 9.17) is 5.26 Å². The third kappa shape index (κ3) is 5.72. The number of ether oxygens (including phenoxy) is 1. The molecule has 0 fully saturated rings. The van der Waals surface area contributed by atoms with Gasteiger partial charge >= 0.3 is 12.1 Å². The number of carbonyl (C=O) groups is 2. The number of anilines is 1. The number of nitrogens with one attached hydrogen (secondary N) is 1. The van der Waals surface area contributed by atoms with Gasteiger partial charge in [-0.15, -0.1) is 0 Å². The molecule has 0 aliphatic heterocycles. The van der Waals surface area contributed by atoms with Crippen LogP contribution >= 0.6 is 0 Å². The summed E-state index contributed by atoms with van der Waals surface area (Å²) in [6, 6.07) is 1.88. The van der Waals surface area contributed by atoms with Gasteiger partial charge in [0.25, 0.3) is 5.91 Å². The zero-order valence-electron chi connectivity index (χ0n) is 13.5. The number of nitrogens with zero attached hydrogens (tertiary/aromatic N) is 2. The molecular weight excluding hydrogens is 343 g/mol. The van der Waals surface area contributed by atoms with Crippen LogP contribution in [0, 0.1) is 11.3 Å². The minimum absolute atomic E-state index is 0.0173. The number of aliphatic hydroxyl groups is 1. The van der Waals surface area contributed by atoms with Gasteiger partial charge in [0, 0.05) is 6.42 Å². The van der Waals surface area contributed by atoms with Crippen LogP contribution in [0.4, 0.5) is 18.9 Å². The number of nitriles is 1. The summed E-state index contributed by atoms with van der Waals surface area (Å²) in [7, 11) is 1.20. The molecule has 0 spiro atoms. The van der Waals surface area contributed by atoms with E-state index in [1.54, 1.807) is 0 Å². The Balaban J connectivity index is 2.86. The van der Waals surface area contributed by atoms with Gasteiger partial charge in [0.2, 0.25) is 0 Å². The van der Waals surface area contributed by atoms with Crippen molar-refractivity contribution in [3.05, 3.63) is 23.5 Å². The Morgan fingerprint density at radius 2 is 2.08 bits per heavy atom. The molecule has 1 atom stereocenters. The summed E-state index contributed by atoms with van der Waals surface area (Å²) >= 11 is 0. The van der Waals surface area contributed by atoms with Gasteiger partial charge in [-0.1, -0.05) is 0 Å². The molecular formula is C15H16F3N3O4. The number of methoxy groups -OCH3 is 1. The summed E-state index contributed by atoms with van der Waals surface area (Å²) in [6.45, 7) is 1.17. The molecule has 1 rings (SSSR count). The molecule has 0 saturated carbocycles. The molecule has 0 radical (unpaired) electrons. The number of rotatable bonds is 6. The van der Waals surface area contributed by atoms with E-state index in [9.17, 15) is 27.9 Å². The first kappa shape index (κ1) is 20.4. The molecule has 25 heavy (non-hydrogen) atoms. The summed E-state index contributed by atoms with van der Waals surface area (Å²) < 4.78 is 43.0. The summed E-state index contributed by atoms with van der Waals surface area (Å²) in [4.78, 5) is 26.4. The minimum atomic E-state index is -4.82. The van der Waals surface area contributed by atoms with Gasteiger partial charge in [0.1, 0.15) is 11.7 Å². The van der Waals surface area contributed by atoms with Crippen LogP contribution in [0.2, 0.25) is 0 Å². The van der Waals surface area contributed by atoms with E-state index in [1.807, 2.05) is 0 Å². The van der Waals surface area contributed by atoms with Crippen LogP contribution in [0.25, 0.3) is 0 Å². The summed E-state index contributed by atoms with van der Waals surface area (Å²) in [6.07, 6.45) is -3.91. The fourth-order valence-electron chi connectivity index (χ4n) is 1.90. The highest BCUT2D eigenvalue weighted by atomic mass is 19.4. The van der Waals surface area contributed by atoms with E-state index in [-0.39, 0.29) is 24.9 Å². The van der Waals surface area contributed by atoms with E-state index in [0.717, 1.165) is 6.20 Å². The predicted molar refractivity (Wildman–Crippen MR) is 79.1 cm³/mol. The van der Waals surface area contributed by atoms with Crippen molar-refractivity contribution in [1.29, 1.82) is 5.26 Å². The van der Waals surface area contributed by atoms with E-state index >= 15 is 0 Å². The summed E-state index contributed by atoms with van der Waals surface area (Å²) in [5, 5.41) is 20.9. The molecule has 0 bridgehead atoms. The van der Waals surface area contributed by atoms with E-state index in [1.165, 1.54) is 20.1 Å². The van der Waals surface area contributed by atoms with Crippen molar-refractivity contribution < 1.29 is 32.6 Å². The second kappa shape index (κ2) is 7.94. The zero-order valence-corrected chi connectivity index (χ0v) is 13.5. The first-order valence-corrected chi connectivity index (χ1v) is 7.09. The molecule has 0 saturated heterocycles. The fourth-order valence-corrected chi connectivity index (χ4v) is 1.90. The van der Waals surface area contributed by atoms with Gasteiger partial charge in [-0.3, -0.25) is 9.59 Å². The Hall–Kier alpha value is -2.67. The Kier molecular flexibility index (Phi) is 6.47. The highest BCUT2D eigenvalue weighted by Crippen LogP contribution is 2.32. The number of hydrogen-bond acceptors (Lipinski definition) is 6. The van der Waals surface area contributed by atoms with Crippen LogP contribution < -0.4 is 5.32 Å².